The highest BCUT2D eigenvalue weighted by atomic mass is 16.5. The van der Waals surface area contributed by atoms with E-state index in [1.807, 2.05) is 12.4 Å². The molecule has 0 aromatic carbocycles. The number of hydrogen-bond acceptors (Lipinski definition) is 6. The number of ether oxygens (including phenoxy) is 1. The second-order valence-corrected chi connectivity index (χ2v) is 10.1. The van der Waals surface area contributed by atoms with Crippen molar-refractivity contribution in [3.8, 4) is 11.4 Å². The number of nitrogens with zero attached hydrogens (tertiary/aromatic N) is 6. The lowest BCUT2D eigenvalue weighted by molar-refractivity contribution is -0.0530. The first-order chi connectivity index (χ1) is 15.5. The average molecular weight is 430 g/mol. The molecule has 1 saturated heterocycles. The standard InChI is InChI=1S/C24H27N7O/c1-13-10-25-20-17(13)9-15(11-26-20)19-28-21-18(27-23-24(2,3)32-7-6-30(21)23)22(29-19)31-12-14-4-5-16(31)8-14/h9-11,14,16H,4-8,12H2,1-3H3,(H,25,26). The minimum Gasteiger partial charge on any atom is -0.366 e. The van der Waals surface area contributed by atoms with Gasteiger partial charge in [0, 0.05) is 42.5 Å². The molecule has 4 aromatic heterocycles. The molecule has 6 heterocycles. The Balaban J connectivity index is 1.48. The summed E-state index contributed by atoms with van der Waals surface area (Å²) in [5.41, 5.74) is 4.38. The topological polar surface area (TPSA) is 84.8 Å². The first-order valence-electron chi connectivity index (χ1n) is 11.6. The number of aromatic nitrogens is 6. The second-order valence-electron chi connectivity index (χ2n) is 10.1. The molecule has 1 aliphatic carbocycles. The van der Waals surface area contributed by atoms with Gasteiger partial charge in [0.15, 0.2) is 22.8 Å². The molecular formula is C24H27N7O. The van der Waals surface area contributed by atoms with Crippen LogP contribution < -0.4 is 4.90 Å². The van der Waals surface area contributed by atoms with E-state index in [1.54, 1.807) is 0 Å². The Labute approximate surface area is 186 Å². The molecular weight excluding hydrogens is 402 g/mol. The van der Waals surface area contributed by atoms with E-state index >= 15 is 0 Å². The van der Waals surface area contributed by atoms with E-state index in [9.17, 15) is 0 Å². The Morgan fingerprint density at radius 1 is 1.19 bits per heavy atom. The van der Waals surface area contributed by atoms with Crippen molar-refractivity contribution in [2.75, 3.05) is 18.1 Å². The number of piperidine rings is 1. The molecule has 0 amide bonds. The van der Waals surface area contributed by atoms with Crippen molar-refractivity contribution in [2.45, 2.75) is 58.2 Å². The highest BCUT2D eigenvalue weighted by molar-refractivity contribution is 5.88. The molecule has 2 unspecified atom stereocenters. The Kier molecular flexibility index (Phi) is 3.64. The SMILES string of the molecule is Cc1c[nH]c2ncc(-c3nc(N4CC5CCC4C5)c4nc5n(c4n3)CCOC5(C)C)cc12. The van der Waals surface area contributed by atoms with Crippen LogP contribution in [0.2, 0.25) is 0 Å². The summed E-state index contributed by atoms with van der Waals surface area (Å²) in [7, 11) is 0. The number of aryl methyl sites for hydroxylation is 1. The molecule has 32 heavy (non-hydrogen) atoms. The molecule has 8 nitrogen and oxygen atoms in total. The maximum absolute atomic E-state index is 6.04. The van der Waals surface area contributed by atoms with Crippen LogP contribution in [0.25, 0.3) is 33.6 Å². The maximum Gasteiger partial charge on any atom is 0.166 e. The summed E-state index contributed by atoms with van der Waals surface area (Å²) in [6, 6.07) is 2.71. The van der Waals surface area contributed by atoms with E-state index in [0.29, 0.717) is 12.6 Å². The van der Waals surface area contributed by atoms with E-state index in [1.165, 1.54) is 24.8 Å². The van der Waals surface area contributed by atoms with E-state index in [-0.39, 0.29) is 0 Å². The molecule has 2 fully saturated rings. The van der Waals surface area contributed by atoms with Crippen molar-refractivity contribution < 1.29 is 4.74 Å². The van der Waals surface area contributed by atoms with Crippen LogP contribution in [0.15, 0.2) is 18.5 Å². The van der Waals surface area contributed by atoms with Gasteiger partial charge >= 0.3 is 0 Å². The van der Waals surface area contributed by atoms with Crippen LogP contribution in [0.4, 0.5) is 5.82 Å². The zero-order valence-electron chi connectivity index (χ0n) is 18.7. The molecule has 3 aliphatic rings. The average Bonchev–Trinajstić information content (AvgIpc) is 3.56. The monoisotopic (exact) mass is 429 g/mol. The van der Waals surface area contributed by atoms with Gasteiger partial charge in [-0.15, -0.1) is 0 Å². The molecule has 4 aromatic rings. The van der Waals surface area contributed by atoms with E-state index in [2.05, 4.69) is 46.3 Å². The van der Waals surface area contributed by atoms with Crippen LogP contribution in [-0.4, -0.2) is 48.7 Å². The summed E-state index contributed by atoms with van der Waals surface area (Å²) >= 11 is 0. The number of nitrogens with one attached hydrogen (secondary N) is 1. The lowest BCUT2D eigenvalue weighted by Gasteiger charge is -2.30. The molecule has 8 heteroatoms. The third-order valence-corrected chi connectivity index (χ3v) is 7.57. The Morgan fingerprint density at radius 3 is 2.91 bits per heavy atom. The zero-order valence-corrected chi connectivity index (χ0v) is 18.7. The molecule has 2 bridgehead atoms. The van der Waals surface area contributed by atoms with Gasteiger partial charge in [-0.25, -0.2) is 19.9 Å². The fraction of sp³-hybridized carbons (Fsp3) is 0.500. The molecule has 1 N–H and O–H groups in total. The zero-order chi connectivity index (χ0) is 21.6. The Hall–Kier alpha value is -3.00. The number of H-pyrrole nitrogens is 1. The lowest BCUT2D eigenvalue weighted by Crippen LogP contribution is -2.33. The molecule has 0 spiro atoms. The van der Waals surface area contributed by atoms with Crippen molar-refractivity contribution >= 4 is 28.0 Å². The first-order valence-corrected chi connectivity index (χ1v) is 11.6. The summed E-state index contributed by atoms with van der Waals surface area (Å²) in [6.45, 7) is 8.74. The van der Waals surface area contributed by atoms with Crippen LogP contribution in [0.3, 0.4) is 0 Å². The number of pyridine rings is 1. The van der Waals surface area contributed by atoms with Crippen molar-refractivity contribution in [1.29, 1.82) is 0 Å². The molecule has 1 saturated carbocycles. The lowest BCUT2D eigenvalue weighted by atomic mass is 10.1. The number of anilines is 1. The van der Waals surface area contributed by atoms with Gasteiger partial charge in [-0.1, -0.05) is 0 Å². The van der Waals surface area contributed by atoms with Crippen molar-refractivity contribution in [3.63, 3.8) is 0 Å². The molecule has 7 rings (SSSR count). The summed E-state index contributed by atoms with van der Waals surface area (Å²) in [6.07, 6.45) is 7.70. The van der Waals surface area contributed by atoms with E-state index in [0.717, 1.165) is 64.2 Å². The van der Waals surface area contributed by atoms with Crippen LogP contribution in [0, 0.1) is 12.8 Å². The molecule has 0 radical (unpaired) electrons. The summed E-state index contributed by atoms with van der Waals surface area (Å²) in [5, 5.41) is 1.11. The maximum atomic E-state index is 6.04. The predicted octanol–water partition coefficient (Wildman–Crippen LogP) is 3.93. The van der Waals surface area contributed by atoms with Crippen LogP contribution in [0.5, 0.6) is 0 Å². The number of aromatic amines is 1. The molecule has 2 aliphatic heterocycles. The summed E-state index contributed by atoms with van der Waals surface area (Å²) in [4.78, 5) is 25.6. The first kappa shape index (κ1) is 18.6. The molecule has 164 valence electrons. The third-order valence-electron chi connectivity index (χ3n) is 7.57. The quantitative estimate of drug-likeness (QED) is 0.520. The van der Waals surface area contributed by atoms with Gasteiger partial charge in [-0.3, -0.25) is 0 Å². The summed E-state index contributed by atoms with van der Waals surface area (Å²) in [5.74, 6) is 3.40. The number of rotatable bonds is 2. The highest BCUT2D eigenvalue weighted by Gasteiger charge is 2.41. The number of fused-ring (bicyclic) bond motifs is 6. The minimum atomic E-state index is -0.441. The van der Waals surface area contributed by atoms with E-state index < -0.39 is 5.60 Å². The summed E-state index contributed by atoms with van der Waals surface area (Å²) < 4.78 is 8.28. The minimum absolute atomic E-state index is 0.441. The van der Waals surface area contributed by atoms with Gasteiger partial charge in [-0.05, 0) is 57.6 Å². The molecule has 2 atom stereocenters. The Bertz CT molecular complexity index is 1380. The normalized spacial score (nSPS) is 24.0. The van der Waals surface area contributed by atoms with Gasteiger partial charge in [0.2, 0.25) is 0 Å². The van der Waals surface area contributed by atoms with Crippen LogP contribution >= 0.6 is 0 Å². The van der Waals surface area contributed by atoms with Crippen LogP contribution in [0.1, 0.15) is 44.5 Å². The smallest absolute Gasteiger partial charge is 0.166 e. The highest BCUT2D eigenvalue weighted by Crippen LogP contribution is 2.43. The fourth-order valence-electron chi connectivity index (χ4n) is 5.88. The van der Waals surface area contributed by atoms with Gasteiger partial charge in [0.25, 0.3) is 0 Å². The largest absolute Gasteiger partial charge is 0.366 e. The van der Waals surface area contributed by atoms with Gasteiger partial charge in [-0.2, -0.15) is 0 Å². The van der Waals surface area contributed by atoms with Crippen molar-refractivity contribution in [1.82, 2.24) is 29.5 Å². The van der Waals surface area contributed by atoms with Crippen LogP contribution in [-0.2, 0) is 16.9 Å². The van der Waals surface area contributed by atoms with E-state index in [4.69, 9.17) is 19.7 Å². The van der Waals surface area contributed by atoms with Crippen molar-refractivity contribution in [2.24, 2.45) is 5.92 Å². The number of imidazole rings is 1. The second kappa shape index (κ2) is 6.28. The van der Waals surface area contributed by atoms with Gasteiger partial charge < -0.3 is 19.2 Å². The third kappa shape index (κ3) is 2.53. The predicted molar refractivity (Wildman–Crippen MR) is 123 cm³/mol. The number of hydrogen-bond donors (Lipinski definition) is 1. The van der Waals surface area contributed by atoms with Gasteiger partial charge in [0.05, 0.1) is 6.61 Å². The van der Waals surface area contributed by atoms with Crippen molar-refractivity contribution in [3.05, 3.63) is 29.8 Å². The fourth-order valence-corrected chi connectivity index (χ4v) is 5.88. The van der Waals surface area contributed by atoms with Gasteiger partial charge in [0.1, 0.15) is 17.1 Å². The Morgan fingerprint density at radius 2 is 2.09 bits per heavy atom.